The van der Waals surface area contributed by atoms with Gasteiger partial charge in [-0.05, 0) is 73.9 Å². The molecule has 4 rings (SSSR count). The van der Waals surface area contributed by atoms with Crippen LogP contribution in [0.25, 0.3) is 0 Å². The average molecular weight is 451 g/mol. The van der Waals surface area contributed by atoms with Gasteiger partial charge in [0.05, 0.1) is 11.9 Å². The minimum absolute atomic E-state index is 0.0801. The van der Waals surface area contributed by atoms with Crippen LogP contribution in [0.5, 0.6) is 0 Å². The highest BCUT2D eigenvalue weighted by Gasteiger charge is 2.35. The van der Waals surface area contributed by atoms with Crippen LogP contribution in [0.1, 0.15) is 36.8 Å². The number of pyridine rings is 1. The molecule has 0 unspecified atom stereocenters. The molecule has 2 aromatic carbocycles. The molecule has 1 saturated carbocycles. The first kappa shape index (κ1) is 21.6. The standard InChI is InChI=1S/C25H27ClN4S/c1-18-7-9-21(10-8-18)29-23-12-11-22(16-27-23)30-24(31)28-17-25(13-2-3-14-25)19-5-4-6-20(26)15-19/h4-12,15-16H,2-3,13-14,17H2,1H3,(H,27,29)(H2,28,30,31). The van der Waals surface area contributed by atoms with Gasteiger partial charge in [0, 0.05) is 22.7 Å². The lowest BCUT2D eigenvalue weighted by atomic mass is 9.79. The Morgan fingerprint density at radius 3 is 2.45 bits per heavy atom. The highest BCUT2D eigenvalue weighted by Crippen LogP contribution is 2.41. The average Bonchev–Trinajstić information content (AvgIpc) is 3.26. The van der Waals surface area contributed by atoms with Gasteiger partial charge < -0.3 is 16.0 Å². The molecule has 0 saturated heterocycles. The van der Waals surface area contributed by atoms with Crippen LogP contribution in [-0.2, 0) is 5.41 Å². The molecule has 1 aliphatic rings. The Balaban J connectivity index is 1.34. The first-order valence-corrected chi connectivity index (χ1v) is 11.4. The van der Waals surface area contributed by atoms with Gasteiger partial charge in [-0.15, -0.1) is 0 Å². The van der Waals surface area contributed by atoms with Crippen LogP contribution < -0.4 is 16.0 Å². The number of benzene rings is 2. The zero-order valence-electron chi connectivity index (χ0n) is 17.6. The number of hydrogen-bond donors (Lipinski definition) is 3. The molecule has 3 N–H and O–H groups in total. The van der Waals surface area contributed by atoms with E-state index < -0.39 is 0 Å². The monoisotopic (exact) mass is 450 g/mol. The number of nitrogens with zero attached hydrogens (tertiary/aromatic N) is 1. The first-order valence-electron chi connectivity index (χ1n) is 10.6. The first-order chi connectivity index (χ1) is 15.0. The van der Waals surface area contributed by atoms with E-state index >= 15 is 0 Å². The minimum Gasteiger partial charge on any atom is -0.362 e. The third-order valence-electron chi connectivity index (χ3n) is 5.93. The summed E-state index contributed by atoms with van der Waals surface area (Å²) in [5, 5.41) is 11.4. The van der Waals surface area contributed by atoms with Crippen molar-refractivity contribution in [1.29, 1.82) is 0 Å². The van der Waals surface area contributed by atoms with Crippen molar-refractivity contribution in [3.8, 4) is 0 Å². The largest absolute Gasteiger partial charge is 0.362 e. The lowest BCUT2D eigenvalue weighted by Crippen LogP contribution is -2.40. The van der Waals surface area contributed by atoms with E-state index in [4.69, 9.17) is 23.8 Å². The fourth-order valence-corrected chi connectivity index (χ4v) is 4.57. The smallest absolute Gasteiger partial charge is 0.170 e. The summed E-state index contributed by atoms with van der Waals surface area (Å²) in [7, 11) is 0. The van der Waals surface area contributed by atoms with Crippen molar-refractivity contribution in [3.05, 3.63) is 83.0 Å². The van der Waals surface area contributed by atoms with Crippen LogP contribution in [0.2, 0.25) is 5.02 Å². The Morgan fingerprint density at radius 2 is 1.77 bits per heavy atom. The van der Waals surface area contributed by atoms with Crippen molar-refractivity contribution >= 4 is 46.1 Å². The second kappa shape index (κ2) is 9.67. The van der Waals surface area contributed by atoms with Gasteiger partial charge in [0.2, 0.25) is 0 Å². The summed E-state index contributed by atoms with van der Waals surface area (Å²) in [6, 6.07) is 20.4. The molecule has 0 aliphatic heterocycles. The lowest BCUT2D eigenvalue weighted by Gasteiger charge is -2.30. The van der Waals surface area contributed by atoms with Crippen molar-refractivity contribution in [2.75, 3.05) is 17.2 Å². The van der Waals surface area contributed by atoms with Crippen LogP contribution in [0, 0.1) is 6.92 Å². The Bertz CT molecular complexity index is 1030. The predicted octanol–water partition coefficient (Wildman–Crippen LogP) is 6.59. The summed E-state index contributed by atoms with van der Waals surface area (Å²) >= 11 is 11.8. The quantitative estimate of drug-likeness (QED) is 0.370. The number of thiocarbonyl (C=S) groups is 1. The van der Waals surface area contributed by atoms with E-state index in [9.17, 15) is 0 Å². The molecular formula is C25H27ClN4S. The highest BCUT2D eigenvalue weighted by atomic mass is 35.5. The summed E-state index contributed by atoms with van der Waals surface area (Å²) in [5.41, 5.74) is 4.47. The van der Waals surface area contributed by atoms with E-state index in [0.29, 0.717) is 5.11 Å². The number of rotatable bonds is 6. The summed E-state index contributed by atoms with van der Waals surface area (Å²) in [4.78, 5) is 4.48. The molecule has 0 amide bonds. The summed E-state index contributed by atoms with van der Waals surface area (Å²) in [6.07, 6.45) is 6.53. The normalized spacial score (nSPS) is 14.8. The van der Waals surface area contributed by atoms with Gasteiger partial charge in [-0.3, -0.25) is 0 Å². The molecule has 0 radical (unpaired) electrons. The molecule has 1 heterocycles. The van der Waals surface area contributed by atoms with Crippen molar-refractivity contribution in [3.63, 3.8) is 0 Å². The van der Waals surface area contributed by atoms with Gasteiger partial charge in [-0.1, -0.05) is 54.3 Å². The Hall–Kier alpha value is -2.63. The molecular weight excluding hydrogens is 424 g/mol. The third-order valence-corrected chi connectivity index (χ3v) is 6.41. The van der Waals surface area contributed by atoms with Gasteiger partial charge >= 0.3 is 0 Å². The van der Waals surface area contributed by atoms with E-state index in [1.165, 1.54) is 24.0 Å². The molecule has 4 nitrogen and oxygen atoms in total. The van der Waals surface area contributed by atoms with Crippen molar-refractivity contribution in [2.24, 2.45) is 0 Å². The van der Waals surface area contributed by atoms with Crippen LogP contribution in [0.3, 0.4) is 0 Å². The zero-order valence-corrected chi connectivity index (χ0v) is 19.2. The van der Waals surface area contributed by atoms with Crippen LogP contribution in [-0.4, -0.2) is 16.6 Å². The van der Waals surface area contributed by atoms with Crippen molar-refractivity contribution in [2.45, 2.75) is 38.0 Å². The van der Waals surface area contributed by atoms with Gasteiger partial charge in [-0.25, -0.2) is 4.98 Å². The maximum Gasteiger partial charge on any atom is 0.170 e. The molecule has 6 heteroatoms. The second-order valence-corrected chi connectivity index (χ2v) is 9.07. The number of hydrogen-bond acceptors (Lipinski definition) is 3. The number of anilines is 3. The fraction of sp³-hybridized carbons (Fsp3) is 0.280. The Morgan fingerprint density at radius 1 is 1.03 bits per heavy atom. The van der Waals surface area contributed by atoms with Gasteiger partial charge in [0.25, 0.3) is 0 Å². The fourth-order valence-electron chi connectivity index (χ4n) is 4.19. The van der Waals surface area contributed by atoms with Gasteiger partial charge in [0.1, 0.15) is 5.82 Å². The van der Waals surface area contributed by atoms with Gasteiger partial charge in [-0.2, -0.15) is 0 Å². The summed E-state index contributed by atoms with van der Waals surface area (Å²) in [5.74, 6) is 0.791. The number of aromatic nitrogens is 1. The molecule has 0 spiro atoms. The second-order valence-electron chi connectivity index (χ2n) is 8.23. The van der Waals surface area contributed by atoms with Crippen molar-refractivity contribution < 1.29 is 0 Å². The topological polar surface area (TPSA) is 49.0 Å². The maximum atomic E-state index is 6.26. The van der Waals surface area contributed by atoms with Crippen LogP contribution in [0.4, 0.5) is 17.2 Å². The molecule has 1 aliphatic carbocycles. The van der Waals surface area contributed by atoms with Crippen molar-refractivity contribution in [1.82, 2.24) is 10.3 Å². The molecule has 0 bridgehead atoms. The molecule has 0 atom stereocenters. The third kappa shape index (κ3) is 5.54. The minimum atomic E-state index is 0.0801. The van der Waals surface area contributed by atoms with E-state index in [0.717, 1.165) is 41.6 Å². The number of nitrogens with one attached hydrogen (secondary N) is 3. The molecule has 3 aromatic rings. The van der Waals surface area contributed by atoms with E-state index in [-0.39, 0.29) is 5.41 Å². The van der Waals surface area contributed by atoms with E-state index in [1.807, 2.05) is 36.4 Å². The molecule has 31 heavy (non-hydrogen) atoms. The Labute approximate surface area is 194 Å². The van der Waals surface area contributed by atoms with Gasteiger partial charge in [0.15, 0.2) is 5.11 Å². The lowest BCUT2D eigenvalue weighted by molar-refractivity contribution is 0.435. The van der Waals surface area contributed by atoms with Crippen LogP contribution >= 0.6 is 23.8 Å². The number of halogens is 1. The molecule has 160 valence electrons. The van der Waals surface area contributed by atoms with Crippen LogP contribution in [0.15, 0.2) is 66.9 Å². The molecule has 1 fully saturated rings. The van der Waals surface area contributed by atoms with E-state index in [2.05, 4.69) is 52.1 Å². The number of aryl methyl sites for hydroxylation is 1. The summed E-state index contributed by atoms with van der Waals surface area (Å²) in [6.45, 7) is 2.86. The zero-order chi connectivity index (χ0) is 21.7. The maximum absolute atomic E-state index is 6.26. The van der Waals surface area contributed by atoms with E-state index in [1.54, 1.807) is 6.20 Å². The predicted molar refractivity (Wildman–Crippen MR) is 135 cm³/mol. The molecule has 1 aromatic heterocycles. The summed E-state index contributed by atoms with van der Waals surface area (Å²) < 4.78 is 0. The Kier molecular flexibility index (Phi) is 6.73. The SMILES string of the molecule is Cc1ccc(Nc2ccc(NC(=S)NCC3(c4cccc(Cl)c4)CCCC3)cn2)cc1. The highest BCUT2D eigenvalue weighted by molar-refractivity contribution is 7.80.